The van der Waals surface area contributed by atoms with Gasteiger partial charge in [-0.25, -0.2) is 0 Å². The predicted molar refractivity (Wildman–Crippen MR) is 105 cm³/mol. The highest BCUT2D eigenvalue weighted by molar-refractivity contribution is 9.09. The number of aliphatic hydroxyl groups excluding tert-OH is 1. The average molecular weight is 409 g/mol. The maximum absolute atomic E-state index is 10.2. The Bertz CT molecular complexity index is 561. The van der Waals surface area contributed by atoms with Gasteiger partial charge in [0.25, 0.3) is 0 Å². The second-order valence-electron chi connectivity index (χ2n) is 6.62. The maximum Gasteiger partial charge on any atom is 0.118 e. The molecule has 1 aromatic rings. The van der Waals surface area contributed by atoms with Gasteiger partial charge in [0.2, 0.25) is 0 Å². The van der Waals surface area contributed by atoms with E-state index in [1.54, 1.807) is 7.11 Å². The molecule has 1 aliphatic rings. The SMILES string of the molecule is CCCCCC#CC[C@@H]1C(Br)C(O)C[C@H]1OCc1ccc(OC)cc1. The molecule has 1 aliphatic carbocycles. The summed E-state index contributed by atoms with van der Waals surface area (Å²) < 4.78 is 11.3. The molecule has 4 atom stereocenters. The van der Waals surface area contributed by atoms with Gasteiger partial charge in [-0.3, -0.25) is 0 Å². The number of aliphatic hydroxyl groups is 1. The van der Waals surface area contributed by atoms with Crippen molar-refractivity contribution in [2.45, 2.75) is 69.1 Å². The van der Waals surface area contributed by atoms with Crippen LogP contribution in [0.2, 0.25) is 0 Å². The van der Waals surface area contributed by atoms with E-state index in [1.807, 2.05) is 24.3 Å². The normalized spacial score (nSPS) is 25.4. The van der Waals surface area contributed by atoms with E-state index in [2.05, 4.69) is 34.7 Å². The first-order valence-corrected chi connectivity index (χ1v) is 10.1. The van der Waals surface area contributed by atoms with Gasteiger partial charge in [-0.05, 0) is 24.1 Å². The zero-order valence-electron chi connectivity index (χ0n) is 15.2. The lowest BCUT2D eigenvalue weighted by Crippen LogP contribution is -2.23. The molecule has 1 fully saturated rings. The van der Waals surface area contributed by atoms with Crippen molar-refractivity contribution in [2.24, 2.45) is 5.92 Å². The molecule has 3 nitrogen and oxygen atoms in total. The average Bonchev–Trinajstić information content (AvgIpc) is 2.90. The number of benzene rings is 1. The Morgan fingerprint density at radius 1 is 1.20 bits per heavy atom. The molecule has 0 aromatic heterocycles. The van der Waals surface area contributed by atoms with E-state index in [0.29, 0.717) is 13.0 Å². The second kappa shape index (κ2) is 10.9. The van der Waals surface area contributed by atoms with Gasteiger partial charge < -0.3 is 14.6 Å². The molecular formula is C21H29BrO3. The molecule has 4 heteroatoms. The summed E-state index contributed by atoms with van der Waals surface area (Å²) in [6, 6.07) is 7.90. The van der Waals surface area contributed by atoms with E-state index in [4.69, 9.17) is 9.47 Å². The van der Waals surface area contributed by atoms with Crippen LogP contribution in [-0.2, 0) is 11.3 Å². The fraction of sp³-hybridized carbons (Fsp3) is 0.619. The van der Waals surface area contributed by atoms with Gasteiger partial charge in [0, 0.05) is 30.0 Å². The summed E-state index contributed by atoms with van der Waals surface area (Å²) >= 11 is 3.64. The zero-order chi connectivity index (χ0) is 18.1. The fourth-order valence-corrected chi connectivity index (χ4v) is 3.88. The summed E-state index contributed by atoms with van der Waals surface area (Å²) in [4.78, 5) is 0.0540. The van der Waals surface area contributed by atoms with Crippen molar-refractivity contribution >= 4 is 15.9 Å². The minimum Gasteiger partial charge on any atom is -0.497 e. The number of hydrogen-bond donors (Lipinski definition) is 1. The molecule has 1 aromatic carbocycles. The number of hydrogen-bond acceptors (Lipinski definition) is 3. The first-order valence-electron chi connectivity index (χ1n) is 9.18. The van der Waals surface area contributed by atoms with Gasteiger partial charge in [-0.15, -0.1) is 11.8 Å². The topological polar surface area (TPSA) is 38.7 Å². The largest absolute Gasteiger partial charge is 0.497 e. The van der Waals surface area contributed by atoms with Gasteiger partial charge >= 0.3 is 0 Å². The van der Waals surface area contributed by atoms with Crippen LogP contribution in [0.1, 0.15) is 51.0 Å². The summed E-state index contributed by atoms with van der Waals surface area (Å²) in [5, 5.41) is 10.2. The van der Waals surface area contributed by atoms with Crippen LogP contribution in [0.25, 0.3) is 0 Å². The Morgan fingerprint density at radius 3 is 2.64 bits per heavy atom. The molecule has 0 aliphatic heterocycles. The van der Waals surface area contributed by atoms with Crippen LogP contribution in [0.5, 0.6) is 5.75 Å². The lowest BCUT2D eigenvalue weighted by Gasteiger charge is -2.20. The number of alkyl halides is 1. The highest BCUT2D eigenvalue weighted by atomic mass is 79.9. The highest BCUT2D eigenvalue weighted by Crippen LogP contribution is 2.36. The van der Waals surface area contributed by atoms with Crippen LogP contribution < -0.4 is 4.74 Å². The Labute approximate surface area is 160 Å². The fourth-order valence-electron chi connectivity index (χ4n) is 3.14. The van der Waals surface area contributed by atoms with Crippen LogP contribution in [0.4, 0.5) is 0 Å². The zero-order valence-corrected chi connectivity index (χ0v) is 16.8. The van der Waals surface area contributed by atoms with Crippen LogP contribution >= 0.6 is 15.9 Å². The van der Waals surface area contributed by atoms with Gasteiger partial charge in [0.1, 0.15) is 5.75 Å². The first kappa shape index (κ1) is 20.3. The molecule has 0 bridgehead atoms. The van der Waals surface area contributed by atoms with Crippen molar-refractivity contribution in [2.75, 3.05) is 7.11 Å². The van der Waals surface area contributed by atoms with Crippen molar-refractivity contribution in [3.8, 4) is 17.6 Å². The molecule has 138 valence electrons. The third-order valence-electron chi connectivity index (χ3n) is 4.72. The van der Waals surface area contributed by atoms with Crippen LogP contribution in [-0.4, -0.2) is 29.3 Å². The predicted octanol–water partition coefficient (Wildman–Crippen LogP) is 4.70. The van der Waals surface area contributed by atoms with Crippen LogP contribution in [0.3, 0.4) is 0 Å². The number of unbranched alkanes of at least 4 members (excludes halogenated alkanes) is 3. The summed E-state index contributed by atoms with van der Waals surface area (Å²) in [6.07, 6.45) is 5.70. The Balaban J connectivity index is 1.85. The molecular weight excluding hydrogens is 380 g/mol. The number of ether oxygens (including phenoxy) is 2. The first-order chi connectivity index (χ1) is 12.2. The molecule has 2 rings (SSSR count). The molecule has 25 heavy (non-hydrogen) atoms. The second-order valence-corrected chi connectivity index (χ2v) is 7.68. The number of rotatable bonds is 8. The number of halogens is 1. The van der Waals surface area contributed by atoms with Crippen LogP contribution in [0.15, 0.2) is 24.3 Å². The van der Waals surface area contributed by atoms with Crippen molar-refractivity contribution in [1.29, 1.82) is 0 Å². The van der Waals surface area contributed by atoms with Crippen molar-refractivity contribution < 1.29 is 14.6 Å². The Hall–Kier alpha value is -1.02. The van der Waals surface area contributed by atoms with E-state index < -0.39 is 0 Å². The minimum absolute atomic E-state index is 0.0337. The number of methoxy groups -OCH3 is 1. The third-order valence-corrected chi connectivity index (χ3v) is 6.01. The van der Waals surface area contributed by atoms with Gasteiger partial charge in [0.15, 0.2) is 0 Å². The Kier molecular flexibility index (Phi) is 8.81. The molecule has 0 heterocycles. The van der Waals surface area contributed by atoms with Gasteiger partial charge in [0.05, 0.1) is 25.9 Å². The monoisotopic (exact) mass is 408 g/mol. The maximum atomic E-state index is 10.2. The van der Waals surface area contributed by atoms with Crippen molar-refractivity contribution in [3.63, 3.8) is 0 Å². The molecule has 0 amide bonds. The van der Waals surface area contributed by atoms with Crippen molar-refractivity contribution in [3.05, 3.63) is 29.8 Å². The standard InChI is InChI=1S/C21H29BrO3/c1-3-4-5-6-7-8-9-18-20(14-19(23)21(18)22)25-15-16-10-12-17(24-2)13-11-16/h10-13,18-21,23H,3-6,9,14-15H2,1-2H3/t18-,19?,20+,21?/m0/s1. The quantitative estimate of drug-likeness (QED) is 0.384. The summed E-state index contributed by atoms with van der Waals surface area (Å²) in [7, 11) is 1.66. The van der Waals surface area contributed by atoms with Gasteiger partial charge in [-0.1, -0.05) is 47.8 Å². The summed E-state index contributed by atoms with van der Waals surface area (Å²) in [6.45, 7) is 2.75. The molecule has 0 radical (unpaired) electrons. The van der Waals surface area contributed by atoms with E-state index in [0.717, 1.165) is 24.2 Å². The third kappa shape index (κ3) is 6.33. The van der Waals surface area contributed by atoms with Crippen molar-refractivity contribution in [1.82, 2.24) is 0 Å². The lowest BCUT2D eigenvalue weighted by molar-refractivity contribution is 0.0131. The molecule has 2 unspecified atom stereocenters. The Morgan fingerprint density at radius 2 is 1.96 bits per heavy atom. The minimum atomic E-state index is -0.368. The van der Waals surface area contributed by atoms with E-state index >= 15 is 0 Å². The molecule has 1 saturated carbocycles. The smallest absolute Gasteiger partial charge is 0.118 e. The lowest BCUT2D eigenvalue weighted by atomic mass is 10.0. The van der Waals surface area contributed by atoms with E-state index in [1.165, 1.54) is 19.3 Å². The van der Waals surface area contributed by atoms with E-state index in [-0.39, 0.29) is 23.0 Å². The van der Waals surface area contributed by atoms with Gasteiger partial charge in [-0.2, -0.15) is 0 Å². The summed E-state index contributed by atoms with van der Waals surface area (Å²) in [5.41, 5.74) is 1.11. The molecule has 1 N–H and O–H groups in total. The van der Waals surface area contributed by atoms with E-state index in [9.17, 15) is 5.11 Å². The molecule has 0 saturated heterocycles. The summed E-state index contributed by atoms with van der Waals surface area (Å²) in [5.74, 6) is 7.63. The molecule has 0 spiro atoms. The van der Waals surface area contributed by atoms with Crippen LogP contribution in [0, 0.1) is 17.8 Å². The highest BCUT2D eigenvalue weighted by Gasteiger charge is 2.41.